The second kappa shape index (κ2) is 7.76. The summed E-state index contributed by atoms with van der Waals surface area (Å²) in [6.07, 6.45) is 10.2. The molecule has 1 saturated heterocycles. The van der Waals surface area contributed by atoms with E-state index in [1.165, 1.54) is 24.8 Å². The van der Waals surface area contributed by atoms with Crippen LogP contribution in [0, 0.1) is 22.7 Å². The molecule has 0 N–H and O–H groups in total. The number of pyridine rings is 1. The van der Waals surface area contributed by atoms with Crippen LogP contribution in [0.2, 0.25) is 0 Å². The number of nitrogens with zero attached hydrogens (tertiary/aromatic N) is 4. The van der Waals surface area contributed by atoms with Crippen LogP contribution in [0.5, 0.6) is 0 Å². The first-order valence-corrected chi connectivity index (χ1v) is 7.73. The van der Waals surface area contributed by atoms with E-state index >= 15 is 0 Å². The van der Waals surface area contributed by atoms with Crippen molar-refractivity contribution >= 4 is 0 Å². The predicted molar refractivity (Wildman–Crippen MR) is 81.0 cm³/mol. The molecule has 0 radical (unpaired) electrons. The maximum absolute atomic E-state index is 9.05. The Hall–Kier alpha value is -1.91. The molecule has 1 aromatic rings. The fourth-order valence-corrected chi connectivity index (χ4v) is 3.43. The Bertz CT molecular complexity index is 514. The lowest BCUT2D eigenvalue weighted by atomic mass is 9.81. The average molecular weight is 282 g/mol. The first-order chi connectivity index (χ1) is 10.3. The van der Waals surface area contributed by atoms with E-state index in [1.807, 2.05) is 12.3 Å². The number of likely N-dealkylation sites (tertiary alicyclic amines) is 1. The van der Waals surface area contributed by atoms with Gasteiger partial charge in [-0.15, -0.1) is 0 Å². The second-order valence-electron chi connectivity index (χ2n) is 5.64. The lowest BCUT2D eigenvalue weighted by Crippen LogP contribution is -2.46. The Morgan fingerprint density at radius 3 is 2.76 bits per heavy atom. The highest BCUT2D eigenvalue weighted by atomic mass is 15.2. The number of hydrogen-bond acceptors (Lipinski definition) is 4. The minimum Gasteiger partial charge on any atom is -0.292 e. The van der Waals surface area contributed by atoms with Crippen molar-refractivity contribution in [2.75, 3.05) is 13.1 Å². The van der Waals surface area contributed by atoms with E-state index < -0.39 is 0 Å². The molecule has 0 aliphatic carbocycles. The molecule has 0 unspecified atom stereocenters. The summed E-state index contributed by atoms with van der Waals surface area (Å²) in [4.78, 5) is 6.71. The summed E-state index contributed by atoms with van der Waals surface area (Å²) in [5, 5.41) is 18.0. The number of rotatable bonds is 5. The molecule has 0 amide bonds. The molecule has 1 aliphatic rings. The quantitative estimate of drug-likeness (QED) is 0.830. The van der Waals surface area contributed by atoms with Crippen LogP contribution >= 0.6 is 0 Å². The smallest absolute Gasteiger partial charge is 0.0635 e. The van der Waals surface area contributed by atoms with E-state index in [2.05, 4.69) is 28.1 Å². The zero-order valence-corrected chi connectivity index (χ0v) is 12.5. The third-order valence-electron chi connectivity index (χ3n) is 4.47. The molecule has 1 fully saturated rings. The summed E-state index contributed by atoms with van der Waals surface area (Å²) in [7, 11) is 0. The van der Waals surface area contributed by atoms with Crippen LogP contribution in [-0.4, -0.2) is 23.0 Å². The van der Waals surface area contributed by atoms with Gasteiger partial charge < -0.3 is 0 Å². The van der Waals surface area contributed by atoms with E-state index in [-0.39, 0.29) is 5.54 Å². The minimum atomic E-state index is -0.128. The van der Waals surface area contributed by atoms with Gasteiger partial charge in [-0.2, -0.15) is 10.5 Å². The van der Waals surface area contributed by atoms with Crippen molar-refractivity contribution in [1.82, 2.24) is 9.88 Å². The topological polar surface area (TPSA) is 63.7 Å². The van der Waals surface area contributed by atoms with Gasteiger partial charge in [0.05, 0.1) is 12.1 Å². The Kier molecular flexibility index (Phi) is 5.72. The van der Waals surface area contributed by atoms with Gasteiger partial charge in [-0.1, -0.05) is 18.9 Å². The van der Waals surface area contributed by atoms with Crippen LogP contribution in [0.15, 0.2) is 24.5 Å². The summed E-state index contributed by atoms with van der Waals surface area (Å²) in [5.74, 6) is 0. The predicted octanol–water partition coefficient (Wildman–Crippen LogP) is 3.37. The van der Waals surface area contributed by atoms with Crippen molar-refractivity contribution in [1.29, 1.82) is 10.5 Å². The van der Waals surface area contributed by atoms with E-state index in [0.717, 1.165) is 25.9 Å². The molecule has 0 aromatic carbocycles. The van der Waals surface area contributed by atoms with Crippen LogP contribution in [0.4, 0.5) is 0 Å². The van der Waals surface area contributed by atoms with Gasteiger partial charge >= 0.3 is 0 Å². The van der Waals surface area contributed by atoms with E-state index in [0.29, 0.717) is 12.8 Å². The van der Waals surface area contributed by atoms with Gasteiger partial charge in [-0.25, -0.2) is 0 Å². The molecule has 4 nitrogen and oxygen atoms in total. The largest absolute Gasteiger partial charge is 0.292 e. The van der Waals surface area contributed by atoms with Gasteiger partial charge in [0, 0.05) is 37.3 Å². The Balaban J connectivity index is 2.37. The normalized spacial score (nSPS) is 23.0. The number of hydrogen-bond donors (Lipinski definition) is 0. The van der Waals surface area contributed by atoms with Crippen molar-refractivity contribution < 1.29 is 0 Å². The zero-order valence-electron chi connectivity index (χ0n) is 12.5. The summed E-state index contributed by atoms with van der Waals surface area (Å²) in [6.45, 7) is 1.78. The molecule has 1 aromatic heterocycles. The molecule has 21 heavy (non-hydrogen) atoms. The SMILES string of the molecule is N#CCCN1CCCCC[C@]1(CCC#N)c1cccnc1. The molecule has 110 valence electrons. The molecule has 2 rings (SSSR count). The standard InChI is InChI=1S/C17H22N4/c18-10-5-9-17(16-7-4-12-20-15-16)8-2-1-3-13-21(17)14-6-11-19/h4,7,12,15H,1-3,5-6,8-9,13-14H2/t17-/m0/s1. The van der Waals surface area contributed by atoms with Crippen LogP contribution in [0.3, 0.4) is 0 Å². The van der Waals surface area contributed by atoms with Gasteiger partial charge in [-0.3, -0.25) is 9.88 Å². The van der Waals surface area contributed by atoms with Gasteiger partial charge in [0.1, 0.15) is 0 Å². The van der Waals surface area contributed by atoms with E-state index in [4.69, 9.17) is 10.5 Å². The van der Waals surface area contributed by atoms with Crippen LogP contribution in [0.25, 0.3) is 0 Å². The highest BCUT2D eigenvalue weighted by molar-refractivity contribution is 5.22. The maximum atomic E-state index is 9.05. The number of aromatic nitrogens is 1. The molecule has 4 heteroatoms. The van der Waals surface area contributed by atoms with Crippen molar-refractivity contribution in [2.45, 2.75) is 50.5 Å². The van der Waals surface area contributed by atoms with Crippen LogP contribution < -0.4 is 0 Å². The maximum Gasteiger partial charge on any atom is 0.0635 e. The van der Waals surface area contributed by atoms with Crippen molar-refractivity contribution in [3.05, 3.63) is 30.1 Å². The van der Waals surface area contributed by atoms with Crippen molar-refractivity contribution in [2.24, 2.45) is 0 Å². The molecule has 1 atom stereocenters. The monoisotopic (exact) mass is 282 g/mol. The highest BCUT2D eigenvalue weighted by Gasteiger charge is 2.38. The molecule has 0 bridgehead atoms. The van der Waals surface area contributed by atoms with E-state index in [9.17, 15) is 0 Å². The molecule has 1 aliphatic heterocycles. The fourth-order valence-electron chi connectivity index (χ4n) is 3.43. The summed E-state index contributed by atoms with van der Waals surface area (Å²) < 4.78 is 0. The molecular weight excluding hydrogens is 260 g/mol. The molecule has 0 spiro atoms. The fraction of sp³-hybridized carbons (Fsp3) is 0.588. The number of nitriles is 2. The third-order valence-corrected chi connectivity index (χ3v) is 4.47. The lowest BCUT2D eigenvalue weighted by molar-refractivity contribution is 0.0796. The van der Waals surface area contributed by atoms with Gasteiger partial charge in [-0.05, 0) is 37.4 Å². The third kappa shape index (κ3) is 3.60. The Morgan fingerprint density at radius 1 is 1.19 bits per heavy atom. The Labute approximate surface area is 127 Å². The van der Waals surface area contributed by atoms with Crippen molar-refractivity contribution in [3.8, 4) is 12.1 Å². The zero-order chi connectivity index (χ0) is 15.0. The Morgan fingerprint density at radius 2 is 2.05 bits per heavy atom. The average Bonchev–Trinajstić information content (AvgIpc) is 2.75. The first kappa shape index (κ1) is 15.5. The highest BCUT2D eigenvalue weighted by Crippen LogP contribution is 2.40. The lowest BCUT2D eigenvalue weighted by Gasteiger charge is -2.43. The van der Waals surface area contributed by atoms with Gasteiger partial charge in [0.25, 0.3) is 0 Å². The first-order valence-electron chi connectivity index (χ1n) is 7.73. The van der Waals surface area contributed by atoms with Crippen LogP contribution in [-0.2, 0) is 5.54 Å². The second-order valence-corrected chi connectivity index (χ2v) is 5.64. The molecule has 0 saturated carbocycles. The summed E-state index contributed by atoms with van der Waals surface area (Å²) >= 11 is 0. The van der Waals surface area contributed by atoms with Crippen LogP contribution in [0.1, 0.15) is 50.5 Å². The minimum absolute atomic E-state index is 0.128. The molecular formula is C17H22N4. The summed E-state index contributed by atoms with van der Waals surface area (Å²) in [6, 6.07) is 8.64. The summed E-state index contributed by atoms with van der Waals surface area (Å²) in [5.41, 5.74) is 1.07. The molecule has 2 heterocycles. The van der Waals surface area contributed by atoms with Crippen molar-refractivity contribution in [3.63, 3.8) is 0 Å². The van der Waals surface area contributed by atoms with Gasteiger partial charge in [0.15, 0.2) is 0 Å². The van der Waals surface area contributed by atoms with Gasteiger partial charge in [0.2, 0.25) is 0 Å². The van der Waals surface area contributed by atoms with E-state index in [1.54, 1.807) is 6.20 Å².